The highest BCUT2D eigenvalue weighted by Crippen LogP contribution is 2.49. The third-order valence-corrected chi connectivity index (χ3v) is 9.97. The van der Waals surface area contributed by atoms with Crippen LogP contribution in [-0.4, -0.2) is 86.8 Å². The lowest BCUT2D eigenvalue weighted by Crippen LogP contribution is -2.62. The molecule has 10 nitrogen and oxygen atoms in total. The third-order valence-electron chi connectivity index (χ3n) is 9.97. The zero-order valence-corrected chi connectivity index (χ0v) is 24.4. The second kappa shape index (κ2) is 9.44. The van der Waals surface area contributed by atoms with Crippen molar-refractivity contribution in [2.24, 2.45) is 0 Å². The normalized spacial score (nSPS) is 30.0. The fraction of sp³-hybridized carbons (Fsp3) is 0.586. The highest BCUT2D eigenvalue weighted by Gasteiger charge is 2.60. The molecule has 8 rings (SSSR count). The van der Waals surface area contributed by atoms with Crippen molar-refractivity contribution in [2.45, 2.75) is 81.4 Å². The number of anilines is 2. The Hall–Kier alpha value is -3.66. The second-order valence-corrected chi connectivity index (χ2v) is 12.9. The van der Waals surface area contributed by atoms with E-state index in [1.165, 1.54) is 6.92 Å². The standard InChI is InChI=1S/C29H30F6N8O2/c1-12-7-16(36)38-21(18(12)29(33,34)35)22-19(30)20-17-24(41-26(40-20)44-11-27-5-6-42(27)10-28(31,32)9-27)43-8-14-3-4-15(37-14)23(43)13(2)45-25(17)39-22/h7,13-15,23,37H,3-6,8-11H2,1-2H3,(H2,36,38)/t13-,14+,15-,23+,27-/m0/s1. The van der Waals surface area contributed by atoms with Gasteiger partial charge in [-0.25, -0.2) is 23.1 Å². The van der Waals surface area contributed by atoms with Crippen LogP contribution < -0.4 is 25.4 Å². The maximum atomic E-state index is 16.6. The summed E-state index contributed by atoms with van der Waals surface area (Å²) in [5.41, 5.74) is 1.59. The fourth-order valence-corrected chi connectivity index (χ4v) is 8.00. The molecule has 0 spiro atoms. The first-order chi connectivity index (χ1) is 21.2. The zero-order chi connectivity index (χ0) is 31.6. The lowest BCUT2D eigenvalue weighted by atomic mass is 9.85. The molecule has 8 heterocycles. The van der Waals surface area contributed by atoms with Crippen LogP contribution in [-0.2, 0) is 6.18 Å². The number of nitrogen functional groups attached to an aromatic ring is 1. The zero-order valence-electron chi connectivity index (χ0n) is 24.4. The molecular weight excluding hydrogens is 606 g/mol. The van der Waals surface area contributed by atoms with E-state index in [2.05, 4.69) is 25.3 Å². The van der Waals surface area contributed by atoms with Crippen LogP contribution in [0, 0.1) is 12.7 Å². The van der Waals surface area contributed by atoms with E-state index in [-0.39, 0.29) is 77.7 Å². The number of fused-ring (bicyclic) bond motifs is 6. The van der Waals surface area contributed by atoms with Crippen LogP contribution in [0.1, 0.15) is 43.7 Å². The summed E-state index contributed by atoms with van der Waals surface area (Å²) in [5, 5.41) is 3.66. The number of aryl methyl sites for hydroxylation is 1. The van der Waals surface area contributed by atoms with Gasteiger partial charge in [0.1, 0.15) is 46.6 Å². The number of aromatic nitrogens is 4. The van der Waals surface area contributed by atoms with Gasteiger partial charge < -0.3 is 25.4 Å². The molecule has 0 saturated carbocycles. The minimum absolute atomic E-state index is 0.00461. The van der Waals surface area contributed by atoms with Crippen molar-refractivity contribution in [2.75, 3.05) is 36.9 Å². The number of rotatable bonds is 4. The number of halogens is 6. The summed E-state index contributed by atoms with van der Waals surface area (Å²) in [6.45, 7) is 3.50. The molecule has 0 aliphatic carbocycles. The van der Waals surface area contributed by atoms with Crippen LogP contribution >= 0.6 is 0 Å². The van der Waals surface area contributed by atoms with Crippen LogP contribution in [0.25, 0.3) is 22.3 Å². The topological polar surface area (TPSA) is 115 Å². The summed E-state index contributed by atoms with van der Waals surface area (Å²) in [6.07, 6.45) is -3.57. The van der Waals surface area contributed by atoms with E-state index in [9.17, 15) is 22.0 Å². The van der Waals surface area contributed by atoms with Gasteiger partial charge in [0.15, 0.2) is 5.82 Å². The molecule has 4 fully saturated rings. The lowest BCUT2D eigenvalue weighted by molar-refractivity contribution is -0.137. The first-order valence-electron chi connectivity index (χ1n) is 14.9. The number of nitrogens with one attached hydrogen (secondary N) is 1. The number of hydrogen-bond acceptors (Lipinski definition) is 10. The number of nitrogens with two attached hydrogens (primary N) is 1. The summed E-state index contributed by atoms with van der Waals surface area (Å²) in [5.74, 6) is -4.18. The molecule has 0 aromatic carbocycles. The molecule has 2 bridgehead atoms. The summed E-state index contributed by atoms with van der Waals surface area (Å²) < 4.78 is 100. The van der Waals surface area contributed by atoms with E-state index in [1.807, 2.05) is 11.8 Å². The van der Waals surface area contributed by atoms with Gasteiger partial charge in [0.2, 0.25) is 5.88 Å². The monoisotopic (exact) mass is 636 g/mol. The average Bonchev–Trinajstić information content (AvgIpc) is 3.36. The molecule has 4 saturated heterocycles. The number of nitrogens with zero attached hydrogens (tertiary/aromatic N) is 6. The minimum atomic E-state index is -4.90. The molecule has 0 amide bonds. The molecule has 240 valence electrons. The van der Waals surface area contributed by atoms with E-state index in [0.29, 0.717) is 19.5 Å². The number of hydrogen-bond donors (Lipinski definition) is 2. The third kappa shape index (κ3) is 4.38. The quantitative estimate of drug-likeness (QED) is 0.406. The molecule has 3 aromatic heterocycles. The summed E-state index contributed by atoms with van der Waals surface area (Å²) in [6, 6.07) is 0.639. The van der Waals surface area contributed by atoms with Crippen molar-refractivity contribution in [3.63, 3.8) is 0 Å². The van der Waals surface area contributed by atoms with Crippen molar-refractivity contribution in [3.05, 3.63) is 23.0 Å². The fourth-order valence-electron chi connectivity index (χ4n) is 8.00. The molecule has 5 aliphatic heterocycles. The molecule has 0 radical (unpaired) electrons. The highest BCUT2D eigenvalue weighted by atomic mass is 19.4. The summed E-state index contributed by atoms with van der Waals surface area (Å²) in [7, 11) is 0. The highest BCUT2D eigenvalue weighted by molar-refractivity contribution is 5.97. The first kappa shape index (κ1) is 28.8. The minimum Gasteiger partial charge on any atom is -0.472 e. The van der Waals surface area contributed by atoms with E-state index in [1.54, 1.807) is 4.90 Å². The number of alkyl halides is 5. The van der Waals surface area contributed by atoms with Gasteiger partial charge >= 0.3 is 12.2 Å². The molecule has 5 atom stereocenters. The first-order valence-corrected chi connectivity index (χ1v) is 14.9. The van der Waals surface area contributed by atoms with Gasteiger partial charge in [-0.05, 0) is 44.7 Å². The smallest absolute Gasteiger partial charge is 0.418 e. The van der Waals surface area contributed by atoms with Crippen LogP contribution in [0.15, 0.2) is 6.07 Å². The Balaban J connectivity index is 1.32. The average molecular weight is 637 g/mol. The molecule has 5 aliphatic rings. The Morgan fingerprint density at radius 3 is 2.67 bits per heavy atom. The predicted molar refractivity (Wildman–Crippen MR) is 150 cm³/mol. The van der Waals surface area contributed by atoms with E-state index < -0.39 is 46.5 Å². The van der Waals surface area contributed by atoms with E-state index >= 15 is 4.39 Å². The number of ether oxygens (including phenoxy) is 2. The van der Waals surface area contributed by atoms with E-state index in [4.69, 9.17) is 15.2 Å². The largest absolute Gasteiger partial charge is 0.472 e. The van der Waals surface area contributed by atoms with Crippen LogP contribution in [0.5, 0.6) is 11.9 Å². The van der Waals surface area contributed by atoms with Gasteiger partial charge in [-0.15, -0.1) is 0 Å². The van der Waals surface area contributed by atoms with Crippen molar-refractivity contribution >= 4 is 22.5 Å². The van der Waals surface area contributed by atoms with Gasteiger partial charge in [0.25, 0.3) is 5.92 Å². The number of piperazine rings is 1. The van der Waals surface area contributed by atoms with Crippen molar-refractivity contribution in [1.82, 2.24) is 30.2 Å². The molecule has 16 heteroatoms. The Bertz CT molecular complexity index is 1740. The van der Waals surface area contributed by atoms with Gasteiger partial charge in [-0.2, -0.15) is 23.1 Å². The van der Waals surface area contributed by atoms with E-state index in [0.717, 1.165) is 18.9 Å². The number of pyridine rings is 2. The van der Waals surface area contributed by atoms with Crippen molar-refractivity contribution in [3.8, 4) is 23.3 Å². The lowest BCUT2D eigenvalue weighted by Gasteiger charge is -2.46. The van der Waals surface area contributed by atoms with Gasteiger partial charge in [-0.1, -0.05) is 0 Å². The van der Waals surface area contributed by atoms with Crippen LogP contribution in [0.3, 0.4) is 0 Å². The SMILES string of the molecule is Cc1cc(N)nc(-c2nc3c4c(nc(OC[C@@]56CCN5CC(F)(F)C6)nc4c2F)N2C[C@H]4CC[C@H](N4)[C@H]2[C@H](C)O3)c1C(F)(F)F. The summed E-state index contributed by atoms with van der Waals surface area (Å²) in [4.78, 5) is 20.8. The second-order valence-electron chi connectivity index (χ2n) is 12.9. The van der Waals surface area contributed by atoms with Crippen LogP contribution in [0.4, 0.5) is 38.0 Å². The van der Waals surface area contributed by atoms with Gasteiger partial charge in [0, 0.05) is 31.6 Å². The summed E-state index contributed by atoms with van der Waals surface area (Å²) >= 11 is 0. The Morgan fingerprint density at radius 1 is 1.16 bits per heavy atom. The Labute approximate surface area is 253 Å². The van der Waals surface area contributed by atoms with Crippen LogP contribution in [0.2, 0.25) is 0 Å². The molecular formula is C29H30F6N8O2. The van der Waals surface area contributed by atoms with Crippen molar-refractivity contribution < 1.29 is 35.8 Å². The Morgan fingerprint density at radius 2 is 1.96 bits per heavy atom. The van der Waals surface area contributed by atoms with Gasteiger partial charge in [0.05, 0.1) is 23.7 Å². The Kier molecular flexibility index (Phi) is 6.04. The maximum Gasteiger partial charge on any atom is 0.418 e. The van der Waals surface area contributed by atoms with Gasteiger partial charge in [-0.3, -0.25) is 4.90 Å². The molecule has 3 aromatic rings. The molecule has 45 heavy (non-hydrogen) atoms. The molecule has 3 N–H and O–H groups in total. The maximum absolute atomic E-state index is 16.6. The predicted octanol–water partition coefficient (Wildman–Crippen LogP) is 4.09. The molecule has 0 unspecified atom stereocenters. The van der Waals surface area contributed by atoms with Crippen molar-refractivity contribution in [1.29, 1.82) is 0 Å².